The van der Waals surface area contributed by atoms with Gasteiger partial charge in [-0.15, -0.1) is 11.3 Å². The van der Waals surface area contributed by atoms with Crippen LogP contribution in [0.3, 0.4) is 0 Å². The Labute approximate surface area is 123 Å². The molecule has 2 aromatic rings. The van der Waals surface area contributed by atoms with Gasteiger partial charge in [0.15, 0.2) is 11.5 Å². The van der Waals surface area contributed by atoms with Crippen molar-refractivity contribution < 1.29 is 9.47 Å². The number of benzene rings is 1. The van der Waals surface area contributed by atoms with Crippen LogP contribution in [0.1, 0.15) is 25.1 Å². The minimum Gasteiger partial charge on any atom is -0.493 e. The maximum atomic E-state index is 5.70. The van der Waals surface area contributed by atoms with E-state index in [4.69, 9.17) is 9.47 Å². The van der Waals surface area contributed by atoms with Gasteiger partial charge in [-0.05, 0) is 31.5 Å². The summed E-state index contributed by atoms with van der Waals surface area (Å²) in [6.45, 7) is 5.55. The standard InChI is InChI=1S/C15H20N2O2S/c1-11(2)19-14-5-4-12(6-15(14)18-3)7-16-8-13-9-20-10-17-13/h4-6,9-11,16H,7-8H2,1-3H3. The van der Waals surface area contributed by atoms with E-state index in [2.05, 4.69) is 10.3 Å². The molecule has 0 unspecified atom stereocenters. The predicted molar refractivity (Wildman–Crippen MR) is 81.4 cm³/mol. The van der Waals surface area contributed by atoms with Crippen LogP contribution in [0.15, 0.2) is 29.1 Å². The Morgan fingerprint density at radius 2 is 2.10 bits per heavy atom. The number of hydrogen-bond acceptors (Lipinski definition) is 5. The quantitative estimate of drug-likeness (QED) is 0.851. The summed E-state index contributed by atoms with van der Waals surface area (Å²) in [5.74, 6) is 1.55. The molecule has 0 aliphatic carbocycles. The number of nitrogens with one attached hydrogen (secondary N) is 1. The van der Waals surface area contributed by atoms with Crippen LogP contribution in [0.5, 0.6) is 11.5 Å². The molecule has 0 atom stereocenters. The van der Waals surface area contributed by atoms with Gasteiger partial charge in [0.05, 0.1) is 24.4 Å². The third-order valence-electron chi connectivity index (χ3n) is 2.71. The van der Waals surface area contributed by atoms with Crippen molar-refractivity contribution in [3.05, 3.63) is 40.3 Å². The first-order valence-corrected chi connectivity index (χ1v) is 7.54. The molecule has 0 amide bonds. The van der Waals surface area contributed by atoms with E-state index in [-0.39, 0.29) is 6.10 Å². The highest BCUT2D eigenvalue weighted by Gasteiger charge is 2.07. The summed E-state index contributed by atoms with van der Waals surface area (Å²) >= 11 is 1.61. The van der Waals surface area contributed by atoms with Gasteiger partial charge in [0.25, 0.3) is 0 Å². The van der Waals surface area contributed by atoms with Crippen LogP contribution >= 0.6 is 11.3 Å². The van der Waals surface area contributed by atoms with E-state index >= 15 is 0 Å². The molecule has 1 heterocycles. The van der Waals surface area contributed by atoms with Crippen molar-refractivity contribution in [2.45, 2.75) is 33.0 Å². The molecule has 0 aliphatic heterocycles. The average molecular weight is 292 g/mol. The minimum absolute atomic E-state index is 0.137. The van der Waals surface area contributed by atoms with Crippen molar-refractivity contribution in [1.29, 1.82) is 0 Å². The monoisotopic (exact) mass is 292 g/mol. The molecular weight excluding hydrogens is 272 g/mol. The van der Waals surface area contributed by atoms with Gasteiger partial charge in [0.2, 0.25) is 0 Å². The van der Waals surface area contributed by atoms with E-state index in [1.165, 1.54) is 0 Å². The van der Waals surface area contributed by atoms with Crippen molar-refractivity contribution in [2.24, 2.45) is 0 Å². The van der Waals surface area contributed by atoms with Crippen molar-refractivity contribution in [3.63, 3.8) is 0 Å². The lowest BCUT2D eigenvalue weighted by molar-refractivity contribution is 0.230. The summed E-state index contributed by atoms with van der Waals surface area (Å²) in [6.07, 6.45) is 0.137. The van der Waals surface area contributed by atoms with Crippen LogP contribution in [-0.2, 0) is 13.1 Å². The average Bonchev–Trinajstić information content (AvgIpc) is 2.93. The van der Waals surface area contributed by atoms with Crippen LogP contribution in [0.25, 0.3) is 0 Å². The number of methoxy groups -OCH3 is 1. The van der Waals surface area contributed by atoms with Crippen LogP contribution in [-0.4, -0.2) is 18.2 Å². The molecule has 1 aromatic carbocycles. The Kier molecular flexibility index (Phi) is 5.38. The normalized spacial score (nSPS) is 10.8. The number of aromatic nitrogens is 1. The predicted octanol–water partition coefficient (Wildman–Crippen LogP) is 3.23. The zero-order valence-electron chi connectivity index (χ0n) is 12.1. The lowest BCUT2D eigenvalue weighted by atomic mass is 10.2. The molecule has 0 fully saturated rings. The smallest absolute Gasteiger partial charge is 0.161 e. The van der Waals surface area contributed by atoms with Gasteiger partial charge in [-0.1, -0.05) is 6.07 Å². The number of hydrogen-bond donors (Lipinski definition) is 1. The molecule has 2 rings (SSSR count). The molecule has 0 spiro atoms. The highest BCUT2D eigenvalue weighted by atomic mass is 32.1. The van der Waals surface area contributed by atoms with Gasteiger partial charge in [0.1, 0.15) is 0 Å². The molecule has 0 saturated heterocycles. The maximum absolute atomic E-state index is 5.70. The molecule has 20 heavy (non-hydrogen) atoms. The van der Waals surface area contributed by atoms with Crippen LogP contribution in [0, 0.1) is 0 Å². The van der Waals surface area contributed by atoms with Crippen LogP contribution in [0.2, 0.25) is 0 Å². The largest absolute Gasteiger partial charge is 0.493 e. The SMILES string of the molecule is COc1cc(CNCc2cscn2)ccc1OC(C)C. The highest BCUT2D eigenvalue weighted by molar-refractivity contribution is 7.07. The molecule has 4 nitrogen and oxygen atoms in total. The van der Waals surface area contributed by atoms with Crippen LogP contribution in [0.4, 0.5) is 0 Å². The summed E-state index contributed by atoms with van der Waals surface area (Å²) in [7, 11) is 1.66. The summed E-state index contributed by atoms with van der Waals surface area (Å²) < 4.78 is 11.1. The highest BCUT2D eigenvalue weighted by Crippen LogP contribution is 2.28. The Balaban J connectivity index is 1.94. The molecule has 0 aliphatic rings. The summed E-state index contributed by atoms with van der Waals surface area (Å²) in [5.41, 5.74) is 4.08. The van der Waals surface area contributed by atoms with E-state index in [0.717, 1.165) is 35.8 Å². The zero-order valence-corrected chi connectivity index (χ0v) is 12.9. The van der Waals surface area contributed by atoms with Gasteiger partial charge in [0, 0.05) is 18.5 Å². The van der Waals surface area contributed by atoms with E-state index in [0.29, 0.717) is 0 Å². The van der Waals surface area contributed by atoms with Gasteiger partial charge in [-0.3, -0.25) is 0 Å². The minimum atomic E-state index is 0.137. The van der Waals surface area contributed by atoms with Gasteiger partial charge in [-0.25, -0.2) is 4.98 Å². The number of ether oxygens (including phenoxy) is 2. The molecule has 108 valence electrons. The van der Waals surface area contributed by atoms with E-state index in [1.807, 2.05) is 42.9 Å². The Morgan fingerprint density at radius 1 is 1.25 bits per heavy atom. The first-order chi connectivity index (χ1) is 9.69. The third-order valence-corrected chi connectivity index (χ3v) is 3.34. The first-order valence-electron chi connectivity index (χ1n) is 6.60. The van der Waals surface area contributed by atoms with Crippen LogP contribution < -0.4 is 14.8 Å². The second-order valence-electron chi connectivity index (χ2n) is 4.74. The van der Waals surface area contributed by atoms with Crippen molar-refractivity contribution in [3.8, 4) is 11.5 Å². The van der Waals surface area contributed by atoms with Crippen molar-refractivity contribution in [2.75, 3.05) is 7.11 Å². The van der Waals surface area contributed by atoms with E-state index in [9.17, 15) is 0 Å². The molecule has 5 heteroatoms. The van der Waals surface area contributed by atoms with E-state index in [1.54, 1.807) is 18.4 Å². The van der Waals surface area contributed by atoms with Crippen molar-refractivity contribution >= 4 is 11.3 Å². The second kappa shape index (κ2) is 7.26. The Hall–Kier alpha value is -1.59. The van der Waals surface area contributed by atoms with Crippen molar-refractivity contribution in [1.82, 2.24) is 10.3 Å². The first kappa shape index (κ1) is 14.8. The molecule has 1 N–H and O–H groups in total. The lowest BCUT2D eigenvalue weighted by Gasteiger charge is -2.14. The number of rotatable bonds is 7. The zero-order chi connectivity index (χ0) is 14.4. The Morgan fingerprint density at radius 3 is 2.75 bits per heavy atom. The molecule has 0 bridgehead atoms. The molecule has 0 radical (unpaired) electrons. The lowest BCUT2D eigenvalue weighted by Crippen LogP contribution is -2.13. The summed E-state index contributed by atoms with van der Waals surface area (Å²) in [6, 6.07) is 6.01. The fraction of sp³-hybridized carbons (Fsp3) is 0.400. The van der Waals surface area contributed by atoms with Gasteiger partial charge >= 0.3 is 0 Å². The topological polar surface area (TPSA) is 43.4 Å². The fourth-order valence-corrected chi connectivity index (χ4v) is 2.39. The molecule has 0 saturated carbocycles. The Bertz CT molecular complexity index is 527. The van der Waals surface area contributed by atoms with Gasteiger partial charge in [-0.2, -0.15) is 0 Å². The number of thiazole rings is 1. The fourth-order valence-electron chi connectivity index (χ4n) is 1.83. The number of nitrogens with zero attached hydrogens (tertiary/aromatic N) is 1. The molecular formula is C15H20N2O2S. The third kappa shape index (κ3) is 4.21. The summed E-state index contributed by atoms with van der Waals surface area (Å²) in [5, 5.41) is 5.41. The summed E-state index contributed by atoms with van der Waals surface area (Å²) in [4.78, 5) is 4.24. The van der Waals surface area contributed by atoms with E-state index < -0.39 is 0 Å². The second-order valence-corrected chi connectivity index (χ2v) is 5.45. The van der Waals surface area contributed by atoms with Gasteiger partial charge < -0.3 is 14.8 Å². The molecule has 1 aromatic heterocycles. The maximum Gasteiger partial charge on any atom is 0.161 e.